The number of rotatable bonds is 5. The summed E-state index contributed by atoms with van der Waals surface area (Å²) >= 11 is 6.43. The van der Waals surface area contributed by atoms with Gasteiger partial charge in [0.15, 0.2) is 0 Å². The van der Waals surface area contributed by atoms with E-state index in [0.29, 0.717) is 11.4 Å². The van der Waals surface area contributed by atoms with E-state index in [1.165, 1.54) is 16.2 Å². The highest BCUT2D eigenvalue weighted by Crippen LogP contribution is 2.22. The zero-order valence-electron chi connectivity index (χ0n) is 8.77. The van der Waals surface area contributed by atoms with Crippen molar-refractivity contribution >= 4 is 44.6 Å². The fourth-order valence-electron chi connectivity index (χ4n) is 1.34. The van der Waals surface area contributed by atoms with Gasteiger partial charge in [-0.15, -0.1) is 22.7 Å². The molecular formula is C11H10BrNO2S2. The van der Waals surface area contributed by atoms with Crippen molar-refractivity contribution in [3.63, 3.8) is 0 Å². The van der Waals surface area contributed by atoms with Gasteiger partial charge in [-0.1, -0.05) is 0 Å². The molecule has 17 heavy (non-hydrogen) atoms. The van der Waals surface area contributed by atoms with Crippen LogP contribution < -0.4 is 5.32 Å². The van der Waals surface area contributed by atoms with Gasteiger partial charge in [-0.2, -0.15) is 0 Å². The first-order valence-electron chi connectivity index (χ1n) is 4.92. The minimum absolute atomic E-state index is 0.390. The van der Waals surface area contributed by atoms with Crippen molar-refractivity contribution in [3.05, 3.63) is 42.7 Å². The van der Waals surface area contributed by atoms with Gasteiger partial charge in [0.1, 0.15) is 4.88 Å². The number of aromatic carboxylic acids is 1. The number of carboxylic acids is 1. The molecule has 0 unspecified atom stereocenters. The molecule has 2 heterocycles. The van der Waals surface area contributed by atoms with E-state index in [1.807, 2.05) is 12.1 Å². The van der Waals surface area contributed by atoms with Crippen molar-refractivity contribution < 1.29 is 9.90 Å². The van der Waals surface area contributed by atoms with Gasteiger partial charge in [0, 0.05) is 22.8 Å². The van der Waals surface area contributed by atoms with Crippen LogP contribution in [-0.4, -0.2) is 11.1 Å². The summed E-state index contributed by atoms with van der Waals surface area (Å²) in [4.78, 5) is 13.4. The third kappa shape index (κ3) is 3.64. The lowest BCUT2D eigenvalue weighted by molar-refractivity contribution is 0.0702. The molecule has 2 N–H and O–H groups in total. The molecule has 2 aromatic rings. The Hall–Kier alpha value is -0.690. The highest BCUT2D eigenvalue weighted by molar-refractivity contribution is 9.11. The molecule has 0 aliphatic heterocycles. The maximum absolute atomic E-state index is 10.7. The average Bonchev–Trinajstić information content (AvgIpc) is 2.88. The van der Waals surface area contributed by atoms with Crippen molar-refractivity contribution in [3.8, 4) is 0 Å². The molecule has 0 aliphatic rings. The van der Waals surface area contributed by atoms with Gasteiger partial charge >= 0.3 is 5.97 Å². The summed E-state index contributed by atoms with van der Waals surface area (Å²) < 4.78 is 1.12. The zero-order chi connectivity index (χ0) is 12.3. The van der Waals surface area contributed by atoms with Crippen LogP contribution in [0.1, 0.15) is 19.4 Å². The lowest BCUT2D eigenvalue weighted by atomic mass is 10.4. The first-order chi connectivity index (χ1) is 8.15. The monoisotopic (exact) mass is 331 g/mol. The van der Waals surface area contributed by atoms with Crippen LogP contribution in [0.4, 0.5) is 0 Å². The molecule has 90 valence electrons. The maximum atomic E-state index is 10.7. The number of hydrogen-bond acceptors (Lipinski definition) is 4. The molecule has 0 aromatic carbocycles. The van der Waals surface area contributed by atoms with Gasteiger partial charge in [0.05, 0.1) is 3.79 Å². The Kier molecular flexibility index (Phi) is 4.33. The number of hydrogen-bond donors (Lipinski definition) is 2. The molecule has 2 aromatic heterocycles. The van der Waals surface area contributed by atoms with Gasteiger partial charge in [0.2, 0.25) is 0 Å². The average molecular weight is 332 g/mol. The van der Waals surface area contributed by atoms with Crippen LogP contribution in [-0.2, 0) is 13.1 Å². The van der Waals surface area contributed by atoms with Crippen LogP contribution in [0, 0.1) is 0 Å². The maximum Gasteiger partial charge on any atom is 0.345 e. The van der Waals surface area contributed by atoms with Gasteiger partial charge in [-0.25, -0.2) is 4.79 Å². The number of carboxylic acid groups (broad SMARTS) is 1. The molecule has 0 amide bonds. The van der Waals surface area contributed by atoms with Crippen LogP contribution in [0.5, 0.6) is 0 Å². The quantitative estimate of drug-likeness (QED) is 0.880. The largest absolute Gasteiger partial charge is 0.477 e. The standard InChI is InChI=1S/C11H10BrNO2S2/c12-10-4-2-8(17-10)6-13-5-7-1-3-9(16-7)11(14)15/h1-4,13H,5-6H2,(H,14,15). The zero-order valence-corrected chi connectivity index (χ0v) is 12.0. The first kappa shape index (κ1) is 12.8. The van der Waals surface area contributed by atoms with Crippen LogP contribution in [0.2, 0.25) is 0 Å². The van der Waals surface area contributed by atoms with E-state index in [2.05, 4.69) is 27.3 Å². The SMILES string of the molecule is O=C(O)c1ccc(CNCc2ccc(Br)s2)s1. The minimum atomic E-state index is -0.858. The molecule has 3 nitrogen and oxygen atoms in total. The van der Waals surface area contributed by atoms with E-state index < -0.39 is 5.97 Å². The molecule has 6 heteroatoms. The predicted molar refractivity (Wildman–Crippen MR) is 73.8 cm³/mol. The fraction of sp³-hybridized carbons (Fsp3) is 0.182. The minimum Gasteiger partial charge on any atom is -0.477 e. The number of halogens is 1. The third-order valence-corrected chi connectivity index (χ3v) is 4.80. The molecule has 0 atom stereocenters. The van der Waals surface area contributed by atoms with Crippen molar-refractivity contribution in [1.82, 2.24) is 5.32 Å². The van der Waals surface area contributed by atoms with E-state index in [1.54, 1.807) is 17.4 Å². The number of thiophene rings is 2. The topological polar surface area (TPSA) is 49.3 Å². The summed E-state index contributed by atoms with van der Waals surface area (Å²) in [6.07, 6.45) is 0. The number of carbonyl (C=O) groups is 1. The number of nitrogens with one attached hydrogen (secondary N) is 1. The van der Waals surface area contributed by atoms with E-state index >= 15 is 0 Å². The first-order valence-corrected chi connectivity index (χ1v) is 7.34. The molecular weight excluding hydrogens is 322 g/mol. The lowest BCUT2D eigenvalue weighted by Crippen LogP contribution is -2.10. The lowest BCUT2D eigenvalue weighted by Gasteiger charge is -1.99. The molecule has 0 fully saturated rings. The Bertz CT molecular complexity index is 521. The van der Waals surface area contributed by atoms with Crippen molar-refractivity contribution in [2.24, 2.45) is 0 Å². The summed E-state index contributed by atoms with van der Waals surface area (Å²) in [5.41, 5.74) is 0. The molecule has 2 rings (SSSR count). The second kappa shape index (κ2) is 5.77. The smallest absolute Gasteiger partial charge is 0.345 e. The van der Waals surface area contributed by atoms with Crippen LogP contribution >= 0.6 is 38.6 Å². The highest BCUT2D eigenvalue weighted by atomic mass is 79.9. The van der Waals surface area contributed by atoms with Gasteiger partial charge in [-0.05, 0) is 40.2 Å². The third-order valence-electron chi connectivity index (χ3n) is 2.10. The summed E-state index contributed by atoms with van der Waals surface area (Å²) in [5, 5.41) is 12.1. The summed E-state index contributed by atoms with van der Waals surface area (Å²) in [5.74, 6) is -0.858. The summed E-state index contributed by atoms with van der Waals surface area (Å²) in [7, 11) is 0. The van der Waals surface area contributed by atoms with Crippen LogP contribution in [0.25, 0.3) is 0 Å². The van der Waals surface area contributed by atoms with Crippen molar-refractivity contribution in [2.45, 2.75) is 13.1 Å². The normalized spacial score (nSPS) is 10.6. The molecule has 0 saturated carbocycles. The van der Waals surface area contributed by atoms with Gasteiger partial charge < -0.3 is 10.4 Å². The second-order valence-corrected chi connectivity index (χ2v) is 7.10. The molecule has 0 aliphatic carbocycles. The predicted octanol–water partition coefficient (Wildman–Crippen LogP) is 3.56. The van der Waals surface area contributed by atoms with E-state index in [0.717, 1.165) is 15.2 Å². The van der Waals surface area contributed by atoms with Crippen molar-refractivity contribution in [1.29, 1.82) is 0 Å². The molecule has 0 bridgehead atoms. The van der Waals surface area contributed by atoms with Crippen molar-refractivity contribution in [2.75, 3.05) is 0 Å². The van der Waals surface area contributed by atoms with E-state index in [9.17, 15) is 4.79 Å². The summed E-state index contributed by atoms with van der Waals surface area (Å²) in [6, 6.07) is 7.59. The van der Waals surface area contributed by atoms with Gasteiger partial charge in [-0.3, -0.25) is 0 Å². The second-order valence-electron chi connectivity index (χ2n) is 3.38. The highest BCUT2D eigenvalue weighted by Gasteiger charge is 2.06. The summed E-state index contributed by atoms with van der Waals surface area (Å²) in [6.45, 7) is 1.50. The molecule has 0 radical (unpaired) electrons. The van der Waals surface area contributed by atoms with E-state index in [-0.39, 0.29) is 0 Å². The van der Waals surface area contributed by atoms with Crippen LogP contribution in [0.3, 0.4) is 0 Å². The molecule has 0 saturated heterocycles. The Morgan fingerprint density at radius 2 is 1.82 bits per heavy atom. The fourth-order valence-corrected chi connectivity index (χ4v) is 3.61. The molecule has 0 spiro atoms. The van der Waals surface area contributed by atoms with Crippen LogP contribution in [0.15, 0.2) is 28.1 Å². The van der Waals surface area contributed by atoms with Gasteiger partial charge in [0.25, 0.3) is 0 Å². The van der Waals surface area contributed by atoms with E-state index in [4.69, 9.17) is 5.11 Å². The Labute approximate surface area is 115 Å². The Morgan fingerprint density at radius 3 is 2.35 bits per heavy atom. The Balaban J connectivity index is 1.83. The Morgan fingerprint density at radius 1 is 1.18 bits per heavy atom.